The molecule has 0 radical (unpaired) electrons. The molecule has 1 saturated heterocycles. The van der Waals surface area contributed by atoms with Crippen molar-refractivity contribution in [2.45, 2.75) is 24.3 Å². The van der Waals surface area contributed by atoms with Crippen LogP contribution in [0.3, 0.4) is 0 Å². The largest absolute Gasteiger partial charge is 0.497 e. The highest BCUT2D eigenvalue weighted by molar-refractivity contribution is 5.91. The second-order valence-corrected chi connectivity index (χ2v) is 8.37. The molecular weight excluding hydrogens is 366 g/mol. The van der Waals surface area contributed by atoms with Crippen molar-refractivity contribution in [3.8, 4) is 5.75 Å². The lowest BCUT2D eigenvalue weighted by Crippen LogP contribution is -2.47. The van der Waals surface area contributed by atoms with Gasteiger partial charge in [0.05, 0.1) is 18.6 Å². The number of nitrogens with one attached hydrogen (secondary N) is 1. The summed E-state index contributed by atoms with van der Waals surface area (Å²) in [5.41, 5.74) is 0.673. The summed E-state index contributed by atoms with van der Waals surface area (Å²) in [6.07, 6.45) is 5.31. The third-order valence-corrected chi connectivity index (χ3v) is 6.02. The lowest BCUT2D eigenvalue weighted by atomic mass is 9.93. The van der Waals surface area contributed by atoms with Crippen LogP contribution in [0.4, 0.5) is 5.95 Å². The van der Waals surface area contributed by atoms with E-state index < -0.39 is 5.41 Å². The zero-order valence-electron chi connectivity index (χ0n) is 17.3. The van der Waals surface area contributed by atoms with Gasteiger partial charge in [-0.2, -0.15) is 0 Å². The molecule has 1 aliphatic heterocycles. The minimum atomic E-state index is -0.397. The van der Waals surface area contributed by atoms with E-state index in [4.69, 9.17) is 4.74 Å². The van der Waals surface area contributed by atoms with Crippen molar-refractivity contribution >= 4 is 11.9 Å². The molecule has 0 bridgehead atoms. The highest BCUT2D eigenvalue weighted by Crippen LogP contribution is 2.49. The number of rotatable bonds is 7. The van der Waals surface area contributed by atoms with Crippen LogP contribution in [0, 0.1) is 5.92 Å². The molecule has 0 unspecified atom stereocenters. The third-order valence-electron chi connectivity index (χ3n) is 6.02. The van der Waals surface area contributed by atoms with Crippen molar-refractivity contribution in [2.75, 3.05) is 45.7 Å². The molecule has 7 heteroatoms. The summed E-state index contributed by atoms with van der Waals surface area (Å²) < 4.78 is 5.25. The van der Waals surface area contributed by atoms with Crippen LogP contribution in [-0.4, -0.2) is 67.7 Å². The Morgan fingerprint density at radius 1 is 1.21 bits per heavy atom. The van der Waals surface area contributed by atoms with Crippen molar-refractivity contribution in [1.82, 2.24) is 20.2 Å². The zero-order valence-corrected chi connectivity index (χ0v) is 17.3. The van der Waals surface area contributed by atoms with Gasteiger partial charge in [-0.1, -0.05) is 12.1 Å². The Hall–Kier alpha value is -2.67. The highest BCUT2D eigenvalue weighted by atomic mass is 16.5. The summed E-state index contributed by atoms with van der Waals surface area (Å²) >= 11 is 0. The van der Waals surface area contributed by atoms with E-state index in [9.17, 15) is 4.79 Å². The molecule has 1 aromatic carbocycles. The Kier molecular flexibility index (Phi) is 5.41. The fraction of sp³-hybridized carbons (Fsp3) is 0.500. The number of hydrogen-bond donors (Lipinski definition) is 1. The first-order chi connectivity index (χ1) is 14.0. The van der Waals surface area contributed by atoms with E-state index in [0.717, 1.165) is 49.7 Å². The first-order valence-electron chi connectivity index (χ1n) is 10.1. The Labute approximate surface area is 172 Å². The van der Waals surface area contributed by atoms with Gasteiger partial charge in [0.15, 0.2) is 0 Å². The number of nitrogens with zero attached hydrogens (tertiary/aromatic N) is 4. The van der Waals surface area contributed by atoms with Gasteiger partial charge in [-0.3, -0.25) is 4.79 Å². The average Bonchev–Trinajstić information content (AvgIpc) is 3.46. The minimum absolute atomic E-state index is 0.0735. The number of aromatic nitrogens is 2. The smallest absolute Gasteiger partial charge is 0.230 e. The molecule has 2 atom stereocenters. The maximum atomic E-state index is 13.3. The number of amides is 1. The van der Waals surface area contributed by atoms with E-state index in [2.05, 4.69) is 39.2 Å². The van der Waals surface area contributed by atoms with E-state index in [1.165, 1.54) is 0 Å². The number of carbonyl (C=O) groups is 1. The summed E-state index contributed by atoms with van der Waals surface area (Å²) in [5, 5.41) is 3.37. The van der Waals surface area contributed by atoms with Crippen LogP contribution >= 0.6 is 0 Å². The molecule has 1 saturated carbocycles. The molecule has 29 heavy (non-hydrogen) atoms. The number of ether oxygens (including phenoxy) is 1. The van der Waals surface area contributed by atoms with Gasteiger partial charge in [-0.15, -0.1) is 0 Å². The topological polar surface area (TPSA) is 70.6 Å². The minimum Gasteiger partial charge on any atom is -0.497 e. The normalized spacial score (nSPS) is 22.6. The second kappa shape index (κ2) is 7.99. The molecule has 1 N–H and O–H groups in total. The molecule has 2 fully saturated rings. The van der Waals surface area contributed by atoms with Gasteiger partial charge in [0.25, 0.3) is 0 Å². The van der Waals surface area contributed by atoms with E-state index in [0.29, 0.717) is 5.92 Å². The first-order valence-corrected chi connectivity index (χ1v) is 10.1. The predicted molar refractivity (Wildman–Crippen MR) is 112 cm³/mol. The van der Waals surface area contributed by atoms with Gasteiger partial charge in [-0.25, -0.2) is 9.97 Å². The van der Waals surface area contributed by atoms with E-state index >= 15 is 0 Å². The Morgan fingerprint density at radius 3 is 2.48 bits per heavy atom. The summed E-state index contributed by atoms with van der Waals surface area (Å²) in [5.74, 6) is 1.99. The molecule has 0 spiro atoms. The fourth-order valence-corrected chi connectivity index (χ4v) is 4.30. The van der Waals surface area contributed by atoms with Crippen molar-refractivity contribution < 1.29 is 9.53 Å². The predicted octanol–water partition coefficient (Wildman–Crippen LogP) is 1.70. The molecule has 4 rings (SSSR count). The number of carbonyl (C=O) groups excluding carboxylic acids is 1. The molecule has 2 aliphatic rings. The summed E-state index contributed by atoms with van der Waals surface area (Å²) in [6, 6.07) is 9.79. The van der Waals surface area contributed by atoms with Crippen molar-refractivity contribution in [3.05, 3.63) is 48.3 Å². The molecule has 1 aliphatic carbocycles. The summed E-state index contributed by atoms with van der Waals surface area (Å²) in [7, 11) is 5.79. The van der Waals surface area contributed by atoms with Gasteiger partial charge < -0.3 is 19.9 Å². The Balaban J connectivity index is 1.49. The summed E-state index contributed by atoms with van der Waals surface area (Å²) in [4.78, 5) is 26.4. The number of hydrogen-bond acceptors (Lipinski definition) is 6. The lowest BCUT2D eigenvalue weighted by Gasteiger charge is -2.25. The maximum Gasteiger partial charge on any atom is 0.230 e. The van der Waals surface area contributed by atoms with Crippen LogP contribution in [0.1, 0.15) is 18.4 Å². The quantitative estimate of drug-likeness (QED) is 0.770. The zero-order chi connectivity index (χ0) is 20.4. The van der Waals surface area contributed by atoms with Crippen molar-refractivity contribution in [3.63, 3.8) is 0 Å². The fourth-order valence-electron chi connectivity index (χ4n) is 4.30. The van der Waals surface area contributed by atoms with Gasteiger partial charge in [0.1, 0.15) is 5.75 Å². The molecule has 1 aromatic heterocycles. The molecule has 2 aromatic rings. The van der Waals surface area contributed by atoms with Gasteiger partial charge in [-0.05, 0) is 50.7 Å². The molecule has 7 nitrogen and oxygen atoms in total. The maximum absolute atomic E-state index is 13.3. The van der Waals surface area contributed by atoms with Crippen molar-refractivity contribution in [1.29, 1.82) is 0 Å². The molecule has 2 heterocycles. The van der Waals surface area contributed by atoms with Crippen LogP contribution in [0.2, 0.25) is 0 Å². The monoisotopic (exact) mass is 395 g/mol. The second-order valence-electron chi connectivity index (χ2n) is 8.37. The molecule has 154 valence electrons. The van der Waals surface area contributed by atoms with Gasteiger partial charge in [0.2, 0.25) is 11.9 Å². The number of anilines is 1. The van der Waals surface area contributed by atoms with Crippen LogP contribution in [0.25, 0.3) is 0 Å². The standard InChI is InChI=1S/C22H29N5O2/c1-26(2)13-16-14-27(21-23-11-4-12-24-21)15-19(16)25-20(28)22(9-10-22)17-5-7-18(29-3)8-6-17/h4-8,11-12,16,19H,9-10,13-15H2,1-3H3,(H,25,28)/t16-,19-/m1/s1. The first kappa shape index (κ1) is 19.6. The van der Waals surface area contributed by atoms with E-state index in [1.807, 2.05) is 30.3 Å². The number of methoxy groups -OCH3 is 1. The lowest BCUT2D eigenvalue weighted by molar-refractivity contribution is -0.124. The molecular formula is C22H29N5O2. The van der Waals surface area contributed by atoms with Crippen LogP contribution in [0.5, 0.6) is 5.75 Å². The summed E-state index contributed by atoms with van der Waals surface area (Å²) in [6.45, 7) is 2.47. The average molecular weight is 396 g/mol. The van der Waals surface area contributed by atoms with Crippen LogP contribution in [-0.2, 0) is 10.2 Å². The van der Waals surface area contributed by atoms with Crippen molar-refractivity contribution in [2.24, 2.45) is 5.92 Å². The third kappa shape index (κ3) is 4.05. The number of benzene rings is 1. The van der Waals surface area contributed by atoms with Crippen LogP contribution in [0.15, 0.2) is 42.7 Å². The Bertz CT molecular complexity index is 836. The molecule has 1 amide bonds. The Morgan fingerprint density at radius 2 is 1.90 bits per heavy atom. The van der Waals surface area contributed by atoms with Gasteiger partial charge >= 0.3 is 0 Å². The SMILES string of the molecule is COc1ccc(C2(C(=O)N[C@@H]3CN(c4ncccn4)C[C@H]3CN(C)C)CC2)cc1. The van der Waals surface area contributed by atoms with Gasteiger partial charge in [0, 0.05) is 37.9 Å². The van der Waals surface area contributed by atoms with Crippen LogP contribution < -0.4 is 15.0 Å². The highest BCUT2D eigenvalue weighted by Gasteiger charge is 2.52. The van der Waals surface area contributed by atoms with E-state index in [1.54, 1.807) is 19.5 Å². The van der Waals surface area contributed by atoms with E-state index in [-0.39, 0.29) is 11.9 Å².